The topological polar surface area (TPSA) is 88.1 Å². The van der Waals surface area contributed by atoms with Crippen LogP contribution in [-0.2, 0) is 14.8 Å². The van der Waals surface area contributed by atoms with Gasteiger partial charge in [0.2, 0.25) is 10.0 Å². The van der Waals surface area contributed by atoms with Gasteiger partial charge in [0.1, 0.15) is 10.6 Å². The summed E-state index contributed by atoms with van der Waals surface area (Å²) in [5.41, 5.74) is 2.91. The Morgan fingerprint density at radius 2 is 2.00 bits per heavy atom. The minimum atomic E-state index is -4.00. The molecule has 1 amide bonds. The molecule has 0 aliphatic carbocycles. The molecule has 2 aromatic carbocycles. The van der Waals surface area contributed by atoms with E-state index in [1.165, 1.54) is 38.6 Å². The number of nitrogens with zero attached hydrogens (tertiary/aromatic N) is 2. The fourth-order valence-corrected chi connectivity index (χ4v) is 4.38. The van der Waals surface area contributed by atoms with Crippen molar-refractivity contribution < 1.29 is 17.9 Å². The average molecular weight is 509 g/mol. The standard InChI is InChI=1S/C17H16BrCl2N3O4S/c1-23(28(25,26)16-8-13(19)4-5-14(16)20)10-17(24)22-21-9-11-7-12(18)3-6-15(11)27-2/h3-9H,10H2,1-2H3,(H,22,24)/b21-9-. The maximum Gasteiger partial charge on any atom is 0.255 e. The normalized spacial score (nSPS) is 11.8. The molecule has 0 atom stereocenters. The Labute approximate surface area is 181 Å². The van der Waals surface area contributed by atoms with Gasteiger partial charge in [0.15, 0.2) is 0 Å². The van der Waals surface area contributed by atoms with Crippen molar-refractivity contribution in [2.45, 2.75) is 4.90 Å². The molecule has 0 aliphatic rings. The third kappa shape index (κ3) is 5.68. The molecule has 0 saturated carbocycles. The molecule has 2 aromatic rings. The zero-order valence-corrected chi connectivity index (χ0v) is 18.7. The molecule has 150 valence electrons. The van der Waals surface area contributed by atoms with Gasteiger partial charge in [-0.15, -0.1) is 0 Å². The number of sulfonamides is 1. The molecular weight excluding hydrogens is 493 g/mol. The minimum absolute atomic E-state index is 0.0106. The number of carbonyl (C=O) groups is 1. The van der Waals surface area contributed by atoms with Crippen molar-refractivity contribution in [1.29, 1.82) is 0 Å². The van der Waals surface area contributed by atoms with Crippen molar-refractivity contribution in [3.05, 3.63) is 56.5 Å². The van der Waals surface area contributed by atoms with Gasteiger partial charge in [-0.2, -0.15) is 9.41 Å². The monoisotopic (exact) mass is 507 g/mol. The van der Waals surface area contributed by atoms with Crippen molar-refractivity contribution in [2.75, 3.05) is 20.7 Å². The molecule has 0 unspecified atom stereocenters. The van der Waals surface area contributed by atoms with Gasteiger partial charge in [0.25, 0.3) is 5.91 Å². The molecule has 0 aliphatic heterocycles. The van der Waals surface area contributed by atoms with Crippen LogP contribution < -0.4 is 10.2 Å². The highest BCUT2D eigenvalue weighted by molar-refractivity contribution is 9.10. The molecule has 0 bridgehead atoms. The fourth-order valence-electron chi connectivity index (χ4n) is 2.15. The summed E-state index contributed by atoms with van der Waals surface area (Å²) in [6, 6.07) is 9.37. The van der Waals surface area contributed by atoms with Crippen LogP contribution in [0.15, 0.2) is 50.9 Å². The van der Waals surface area contributed by atoms with Crippen LogP contribution in [-0.4, -0.2) is 45.5 Å². The number of hydrazone groups is 1. The summed E-state index contributed by atoms with van der Waals surface area (Å²) in [5, 5.41) is 4.06. The maximum atomic E-state index is 12.6. The van der Waals surface area contributed by atoms with Gasteiger partial charge in [-0.25, -0.2) is 13.8 Å². The first-order valence-electron chi connectivity index (χ1n) is 7.72. The van der Waals surface area contributed by atoms with Crippen LogP contribution in [0.25, 0.3) is 0 Å². The van der Waals surface area contributed by atoms with E-state index < -0.39 is 22.5 Å². The van der Waals surface area contributed by atoms with Gasteiger partial charge in [-0.05, 0) is 36.4 Å². The Morgan fingerprint density at radius 3 is 2.68 bits per heavy atom. The summed E-state index contributed by atoms with van der Waals surface area (Å²) in [5.74, 6) is -0.0640. The zero-order valence-electron chi connectivity index (χ0n) is 14.8. The molecule has 1 N–H and O–H groups in total. The zero-order chi connectivity index (χ0) is 20.9. The summed E-state index contributed by atoms with van der Waals surface area (Å²) in [4.78, 5) is 11.9. The number of carbonyl (C=O) groups excluding carboxylic acids is 1. The van der Waals surface area contributed by atoms with Gasteiger partial charge >= 0.3 is 0 Å². The number of methoxy groups -OCH3 is 1. The summed E-state index contributed by atoms with van der Waals surface area (Å²) >= 11 is 15.1. The number of likely N-dealkylation sites (N-methyl/N-ethyl adjacent to an activating group) is 1. The number of nitrogens with one attached hydrogen (secondary N) is 1. The van der Waals surface area contributed by atoms with Gasteiger partial charge < -0.3 is 4.74 Å². The van der Waals surface area contributed by atoms with E-state index in [4.69, 9.17) is 27.9 Å². The average Bonchev–Trinajstić information content (AvgIpc) is 2.63. The SMILES string of the molecule is COc1ccc(Br)cc1/C=N\NC(=O)CN(C)S(=O)(=O)c1cc(Cl)ccc1Cl. The highest BCUT2D eigenvalue weighted by atomic mass is 79.9. The lowest BCUT2D eigenvalue weighted by Crippen LogP contribution is -2.36. The van der Waals surface area contributed by atoms with Crippen molar-refractivity contribution in [1.82, 2.24) is 9.73 Å². The van der Waals surface area contributed by atoms with Crippen LogP contribution >= 0.6 is 39.1 Å². The highest BCUT2D eigenvalue weighted by Crippen LogP contribution is 2.27. The lowest BCUT2D eigenvalue weighted by molar-refractivity contribution is -0.121. The molecular formula is C17H16BrCl2N3O4S. The molecule has 28 heavy (non-hydrogen) atoms. The summed E-state index contributed by atoms with van der Waals surface area (Å²) in [7, 11) is -1.23. The molecule has 0 fully saturated rings. The van der Waals surface area contributed by atoms with Crippen molar-refractivity contribution >= 4 is 61.3 Å². The Bertz CT molecular complexity index is 1020. The molecule has 2 rings (SSSR count). The smallest absolute Gasteiger partial charge is 0.255 e. The molecule has 7 nitrogen and oxygen atoms in total. The molecule has 0 saturated heterocycles. The van der Waals surface area contributed by atoms with Gasteiger partial charge in [-0.1, -0.05) is 39.1 Å². The Hall–Kier alpha value is -1.65. The van der Waals surface area contributed by atoms with E-state index in [9.17, 15) is 13.2 Å². The highest BCUT2D eigenvalue weighted by Gasteiger charge is 2.25. The third-order valence-electron chi connectivity index (χ3n) is 3.53. The van der Waals surface area contributed by atoms with Crippen LogP contribution in [0.4, 0.5) is 0 Å². The van der Waals surface area contributed by atoms with Crippen molar-refractivity contribution in [3.63, 3.8) is 0 Å². The number of ether oxygens (including phenoxy) is 1. The number of rotatable bonds is 7. The first-order chi connectivity index (χ1) is 13.1. The van der Waals surface area contributed by atoms with Crippen LogP contribution in [0.5, 0.6) is 5.75 Å². The summed E-state index contributed by atoms with van der Waals surface area (Å²) in [6.45, 7) is -0.460. The lowest BCUT2D eigenvalue weighted by atomic mass is 10.2. The number of hydrogen-bond acceptors (Lipinski definition) is 5. The lowest BCUT2D eigenvalue weighted by Gasteiger charge is -2.17. The van der Waals surface area contributed by atoms with E-state index in [2.05, 4.69) is 26.5 Å². The van der Waals surface area contributed by atoms with Crippen LogP contribution in [0, 0.1) is 0 Å². The quantitative estimate of drug-likeness (QED) is 0.457. The van der Waals surface area contributed by atoms with Gasteiger partial charge in [-0.3, -0.25) is 4.79 Å². The fraction of sp³-hybridized carbons (Fsp3) is 0.176. The van der Waals surface area contributed by atoms with E-state index in [0.717, 1.165) is 8.78 Å². The Balaban J connectivity index is 2.06. The van der Waals surface area contributed by atoms with E-state index in [-0.39, 0.29) is 14.9 Å². The van der Waals surface area contributed by atoms with Crippen LogP contribution in [0.3, 0.4) is 0 Å². The van der Waals surface area contributed by atoms with E-state index in [0.29, 0.717) is 11.3 Å². The largest absolute Gasteiger partial charge is 0.496 e. The van der Waals surface area contributed by atoms with Crippen LogP contribution in [0.1, 0.15) is 5.56 Å². The molecule has 0 radical (unpaired) electrons. The number of amides is 1. The molecule has 0 heterocycles. The Kier molecular flexibility index (Phi) is 7.85. The second kappa shape index (κ2) is 9.71. The second-order valence-electron chi connectivity index (χ2n) is 5.52. The molecule has 0 aromatic heterocycles. The molecule has 11 heteroatoms. The summed E-state index contributed by atoms with van der Waals surface area (Å²) < 4.78 is 32.1. The number of halogens is 3. The minimum Gasteiger partial charge on any atom is -0.496 e. The van der Waals surface area contributed by atoms with Gasteiger partial charge in [0.05, 0.1) is 24.9 Å². The van der Waals surface area contributed by atoms with Crippen LogP contribution in [0.2, 0.25) is 10.0 Å². The predicted molar refractivity (Wildman–Crippen MR) is 113 cm³/mol. The number of benzene rings is 2. The molecule has 0 spiro atoms. The first-order valence-corrected chi connectivity index (χ1v) is 10.7. The number of hydrogen-bond donors (Lipinski definition) is 1. The van der Waals surface area contributed by atoms with Crippen molar-refractivity contribution in [2.24, 2.45) is 5.10 Å². The van der Waals surface area contributed by atoms with Gasteiger partial charge in [0, 0.05) is 22.1 Å². The predicted octanol–water partition coefficient (Wildman–Crippen LogP) is 3.54. The van der Waals surface area contributed by atoms with E-state index >= 15 is 0 Å². The third-order valence-corrected chi connectivity index (χ3v) is 6.55. The van der Waals surface area contributed by atoms with E-state index in [1.54, 1.807) is 18.2 Å². The Morgan fingerprint density at radius 1 is 1.29 bits per heavy atom. The van der Waals surface area contributed by atoms with E-state index in [1.807, 2.05) is 0 Å². The summed E-state index contributed by atoms with van der Waals surface area (Å²) in [6.07, 6.45) is 1.39. The first kappa shape index (κ1) is 22.6. The maximum absolute atomic E-state index is 12.6. The van der Waals surface area contributed by atoms with Crippen molar-refractivity contribution in [3.8, 4) is 5.75 Å². The second-order valence-corrected chi connectivity index (χ2v) is 9.29.